The number of amides is 2. The molecule has 22 heavy (non-hydrogen) atoms. The number of rotatable bonds is 6. The zero-order valence-corrected chi connectivity index (χ0v) is 13.9. The lowest BCUT2D eigenvalue weighted by atomic mass is 10.1. The average Bonchev–Trinajstić information content (AvgIpc) is 2.40. The number of carbonyl (C=O) groups excluding carboxylic acids is 2. The molecule has 0 heterocycles. The molecule has 2 amide bonds. The monoisotopic (exact) mass is 306 g/mol. The summed E-state index contributed by atoms with van der Waals surface area (Å²) in [7, 11) is 0. The zero-order valence-electron chi connectivity index (χ0n) is 13.9. The summed E-state index contributed by atoms with van der Waals surface area (Å²) in [6, 6.07) is 7.49. The molecule has 0 aliphatic heterocycles. The van der Waals surface area contributed by atoms with Gasteiger partial charge in [0.1, 0.15) is 5.60 Å². The Kier molecular flexibility index (Phi) is 6.89. The summed E-state index contributed by atoms with van der Waals surface area (Å²) < 4.78 is 5.13. The van der Waals surface area contributed by atoms with E-state index in [4.69, 9.17) is 4.74 Å². The topological polar surface area (TPSA) is 67.4 Å². The molecule has 5 nitrogen and oxygen atoms in total. The van der Waals surface area contributed by atoms with Gasteiger partial charge in [-0.1, -0.05) is 17.7 Å². The maximum Gasteiger partial charge on any atom is 0.407 e. The fraction of sp³-hybridized carbons (Fsp3) is 0.529. The van der Waals surface area contributed by atoms with Crippen LogP contribution < -0.4 is 10.6 Å². The molecule has 0 aliphatic carbocycles. The van der Waals surface area contributed by atoms with Gasteiger partial charge in [0.15, 0.2) is 0 Å². The second kappa shape index (κ2) is 8.41. The lowest BCUT2D eigenvalue weighted by Crippen LogP contribution is -2.33. The molecule has 0 bridgehead atoms. The summed E-state index contributed by atoms with van der Waals surface area (Å²) in [5.41, 5.74) is 1.26. The number of unbranched alkanes of at least 4 members (excludes halogenated alkanes) is 1. The first kappa shape index (κ1) is 18.0. The minimum Gasteiger partial charge on any atom is -0.444 e. The van der Waals surface area contributed by atoms with Gasteiger partial charge < -0.3 is 15.4 Å². The normalized spacial score (nSPS) is 10.9. The van der Waals surface area contributed by atoms with Crippen LogP contribution in [-0.4, -0.2) is 30.7 Å². The van der Waals surface area contributed by atoms with Gasteiger partial charge in [0, 0.05) is 18.7 Å². The molecule has 0 saturated heterocycles. The minimum absolute atomic E-state index is 0.0659. The lowest BCUT2D eigenvalue weighted by Gasteiger charge is -2.19. The third kappa shape index (κ3) is 7.67. The van der Waals surface area contributed by atoms with Gasteiger partial charge in [0.25, 0.3) is 5.91 Å². The zero-order chi connectivity index (χ0) is 16.6. The van der Waals surface area contributed by atoms with E-state index in [-0.39, 0.29) is 5.91 Å². The van der Waals surface area contributed by atoms with E-state index in [1.807, 2.05) is 45.9 Å². The molecular formula is C17H26N2O3. The second-order valence-corrected chi connectivity index (χ2v) is 6.26. The molecule has 122 valence electrons. The lowest BCUT2D eigenvalue weighted by molar-refractivity contribution is 0.0526. The van der Waals surface area contributed by atoms with Crippen LogP contribution in [0.25, 0.3) is 0 Å². The van der Waals surface area contributed by atoms with Crippen molar-refractivity contribution in [1.82, 2.24) is 10.6 Å². The maximum absolute atomic E-state index is 11.9. The van der Waals surface area contributed by atoms with Crippen LogP contribution in [0.2, 0.25) is 0 Å². The molecule has 0 saturated carbocycles. The first-order valence-corrected chi connectivity index (χ1v) is 7.59. The molecule has 0 aliphatic rings. The summed E-state index contributed by atoms with van der Waals surface area (Å²) >= 11 is 0. The molecule has 1 aromatic carbocycles. The van der Waals surface area contributed by atoms with Crippen LogP contribution in [0.5, 0.6) is 0 Å². The van der Waals surface area contributed by atoms with Crippen LogP contribution in [0.3, 0.4) is 0 Å². The number of aryl methyl sites for hydroxylation is 1. The third-order valence-corrected chi connectivity index (χ3v) is 2.84. The summed E-state index contributed by atoms with van der Waals surface area (Å²) in [6.07, 6.45) is 1.18. The second-order valence-electron chi connectivity index (χ2n) is 6.26. The highest BCUT2D eigenvalue weighted by molar-refractivity contribution is 5.94. The van der Waals surface area contributed by atoms with Crippen LogP contribution >= 0.6 is 0 Å². The van der Waals surface area contributed by atoms with E-state index >= 15 is 0 Å². The Morgan fingerprint density at radius 2 is 1.73 bits per heavy atom. The van der Waals surface area contributed by atoms with Crippen molar-refractivity contribution in [3.8, 4) is 0 Å². The van der Waals surface area contributed by atoms with Crippen LogP contribution in [-0.2, 0) is 4.74 Å². The van der Waals surface area contributed by atoms with Crippen molar-refractivity contribution >= 4 is 12.0 Å². The fourth-order valence-electron chi connectivity index (χ4n) is 1.84. The number of ether oxygens (including phenoxy) is 1. The van der Waals surface area contributed by atoms with Crippen molar-refractivity contribution < 1.29 is 14.3 Å². The van der Waals surface area contributed by atoms with E-state index in [9.17, 15) is 9.59 Å². The van der Waals surface area contributed by atoms with E-state index in [1.54, 1.807) is 6.07 Å². The fourth-order valence-corrected chi connectivity index (χ4v) is 1.84. The molecule has 1 aromatic rings. The van der Waals surface area contributed by atoms with Gasteiger partial charge in [-0.3, -0.25) is 4.79 Å². The molecule has 0 spiro atoms. The SMILES string of the molecule is Cc1cccc(C(=O)NCCCCNC(=O)OC(C)(C)C)c1. The van der Waals surface area contributed by atoms with Gasteiger partial charge in [0.2, 0.25) is 0 Å². The third-order valence-electron chi connectivity index (χ3n) is 2.84. The summed E-state index contributed by atoms with van der Waals surface area (Å²) in [5, 5.41) is 5.56. The number of alkyl carbamates (subject to hydrolysis) is 1. The molecule has 0 unspecified atom stereocenters. The van der Waals surface area contributed by atoms with Gasteiger partial charge in [-0.25, -0.2) is 4.79 Å². The van der Waals surface area contributed by atoms with Crippen LogP contribution in [0.15, 0.2) is 24.3 Å². The van der Waals surface area contributed by atoms with E-state index < -0.39 is 11.7 Å². The van der Waals surface area contributed by atoms with Crippen molar-refractivity contribution in [3.63, 3.8) is 0 Å². The van der Waals surface area contributed by atoms with Gasteiger partial charge in [-0.05, 0) is 52.7 Å². The molecule has 0 radical (unpaired) electrons. The highest BCUT2D eigenvalue weighted by Gasteiger charge is 2.15. The summed E-state index contributed by atoms with van der Waals surface area (Å²) in [5.74, 6) is -0.0659. The van der Waals surface area contributed by atoms with Crippen LogP contribution in [0.1, 0.15) is 49.5 Å². The molecule has 0 atom stereocenters. The first-order chi connectivity index (χ1) is 10.3. The van der Waals surface area contributed by atoms with E-state index in [0.717, 1.165) is 18.4 Å². The molecule has 2 N–H and O–H groups in total. The van der Waals surface area contributed by atoms with Gasteiger partial charge in [0.05, 0.1) is 0 Å². The predicted octanol–water partition coefficient (Wildman–Crippen LogP) is 3.03. The van der Waals surface area contributed by atoms with Crippen LogP contribution in [0, 0.1) is 6.92 Å². The molecule has 0 aromatic heterocycles. The van der Waals surface area contributed by atoms with Crippen molar-refractivity contribution in [2.75, 3.05) is 13.1 Å². The molecule has 5 heteroatoms. The predicted molar refractivity (Wildman–Crippen MR) is 87.0 cm³/mol. The summed E-state index contributed by atoms with van der Waals surface area (Å²) in [6.45, 7) is 8.56. The Labute approximate surface area is 132 Å². The quantitative estimate of drug-likeness (QED) is 0.794. The number of hydrogen-bond donors (Lipinski definition) is 2. The van der Waals surface area contributed by atoms with Crippen molar-refractivity contribution in [1.29, 1.82) is 0 Å². The highest BCUT2D eigenvalue weighted by Crippen LogP contribution is 2.06. The van der Waals surface area contributed by atoms with Crippen molar-refractivity contribution in [2.45, 2.75) is 46.1 Å². The maximum atomic E-state index is 11.9. The van der Waals surface area contributed by atoms with Crippen LogP contribution in [0.4, 0.5) is 4.79 Å². The number of carbonyl (C=O) groups is 2. The largest absolute Gasteiger partial charge is 0.444 e. The number of nitrogens with one attached hydrogen (secondary N) is 2. The summed E-state index contributed by atoms with van der Waals surface area (Å²) in [4.78, 5) is 23.3. The van der Waals surface area contributed by atoms with Gasteiger partial charge in [-0.2, -0.15) is 0 Å². The Balaban J connectivity index is 2.13. The van der Waals surface area contributed by atoms with E-state index in [2.05, 4.69) is 10.6 Å². The standard InChI is InChI=1S/C17H26N2O3/c1-13-8-7-9-14(12-13)15(20)18-10-5-6-11-19-16(21)22-17(2,3)4/h7-9,12H,5-6,10-11H2,1-4H3,(H,18,20)(H,19,21). The smallest absolute Gasteiger partial charge is 0.407 e. The Morgan fingerprint density at radius 3 is 2.32 bits per heavy atom. The van der Waals surface area contributed by atoms with Crippen molar-refractivity contribution in [3.05, 3.63) is 35.4 Å². The first-order valence-electron chi connectivity index (χ1n) is 7.59. The minimum atomic E-state index is -0.480. The Morgan fingerprint density at radius 1 is 1.09 bits per heavy atom. The number of hydrogen-bond acceptors (Lipinski definition) is 3. The van der Waals surface area contributed by atoms with Gasteiger partial charge >= 0.3 is 6.09 Å². The van der Waals surface area contributed by atoms with E-state index in [0.29, 0.717) is 18.7 Å². The Bertz CT molecular complexity index is 507. The van der Waals surface area contributed by atoms with E-state index in [1.165, 1.54) is 0 Å². The Hall–Kier alpha value is -2.04. The van der Waals surface area contributed by atoms with Gasteiger partial charge in [-0.15, -0.1) is 0 Å². The average molecular weight is 306 g/mol. The number of benzene rings is 1. The molecule has 1 rings (SSSR count). The molecular weight excluding hydrogens is 280 g/mol. The van der Waals surface area contributed by atoms with Crippen molar-refractivity contribution in [2.24, 2.45) is 0 Å². The highest BCUT2D eigenvalue weighted by atomic mass is 16.6. The molecule has 0 fully saturated rings.